The SMILES string of the molecule is CC1=CC=CC(C)C1=N. The lowest BCUT2D eigenvalue weighted by Crippen LogP contribution is -2.10. The van der Waals surface area contributed by atoms with Crippen molar-refractivity contribution in [2.24, 2.45) is 5.92 Å². The van der Waals surface area contributed by atoms with Crippen LogP contribution in [0.4, 0.5) is 0 Å². The van der Waals surface area contributed by atoms with Crippen molar-refractivity contribution in [1.29, 1.82) is 5.41 Å². The van der Waals surface area contributed by atoms with Crippen LogP contribution in [0, 0.1) is 11.3 Å². The molecule has 0 saturated heterocycles. The molecule has 48 valence electrons. The van der Waals surface area contributed by atoms with Gasteiger partial charge in [0.05, 0.1) is 0 Å². The Kier molecular flexibility index (Phi) is 1.52. The van der Waals surface area contributed by atoms with E-state index in [2.05, 4.69) is 0 Å². The minimum atomic E-state index is 0.315. The minimum absolute atomic E-state index is 0.315. The maximum absolute atomic E-state index is 7.48. The zero-order chi connectivity index (χ0) is 6.85. The molecule has 0 aliphatic heterocycles. The molecule has 0 saturated carbocycles. The number of allylic oxidation sites excluding steroid dienone is 4. The summed E-state index contributed by atoms with van der Waals surface area (Å²) in [5.41, 5.74) is 1.84. The average Bonchev–Trinajstić information content (AvgIpc) is 1.83. The molecule has 0 aromatic carbocycles. The highest BCUT2D eigenvalue weighted by Gasteiger charge is 2.08. The molecule has 0 bridgehead atoms. The van der Waals surface area contributed by atoms with Crippen LogP contribution in [0.15, 0.2) is 23.8 Å². The Labute approximate surface area is 55.6 Å². The fourth-order valence-electron chi connectivity index (χ4n) is 0.912. The van der Waals surface area contributed by atoms with Crippen LogP contribution in [0.5, 0.6) is 0 Å². The maximum Gasteiger partial charge on any atom is 0.0408 e. The summed E-state index contributed by atoms with van der Waals surface area (Å²) in [6.45, 7) is 4.01. The number of nitrogens with one attached hydrogen (secondary N) is 1. The first-order valence-electron chi connectivity index (χ1n) is 3.15. The first-order valence-corrected chi connectivity index (χ1v) is 3.15. The van der Waals surface area contributed by atoms with Crippen molar-refractivity contribution in [3.8, 4) is 0 Å². The molecule has 1 heteroatoms. The van der Waals surface area contributed by atoms with Crippen LogP contribution < -0.4 is 0 Å². The Hall–Kier alpha value is -0.850. The smallest absolute Gasteiger partial charge is 0.0408 e. The summed E-state index contributed by atoms with van der Waals surface area (Å²) in [4.78, 5) is 0. The Balaban J connectivity index is 2.86. The molecule has 0 fully saturated rings. The second kappa shape index (κ2) is 2.18. The van der Waals surface area contributed by atoms with E-state index in [4.69, 9.17) is 5.41 Å². The average molecular weight is 121 g/mol. The van der Waals surface area contributed by atoms with Gasteiger partial charge in [-0.15, -0.1) is 0 Å². The second-order valence-electron chi connectivity index (χ2n) is 2.44. The lowest BCUT2D eigenvalue weighted by atomic mass is 9.95. The van der Waals surface area contributed by atoms with Gasteiger partial charge in [-0.2, -0.15) is 0 Å². The summed E-state index contributed by atoms with van der Waals surface area (Å²) in [7, 11) is 0. The second-order valence-corrected chi connectivity index (χ2v) is 2.44. The van der Waals surface area contributed by atoms with E-state index in [1.807, 2.05) is 32.1 Å². The molecular weight excluding hydrogens is 110 g/mol. The van der Waals surface area contributed by atoms with E-state index in [-0.39, 0.29) is 0 Å². The Morgan fingerprint density at radius 1 is 1.56 bits per heavy atom. The first kappa shape index (κ1) is 6.27. The Morgan fingerprint density at radius 2 is 2.22 bits per heavy atom. The van der Waals surface area contributed by atoms with Crippen molar-refractivity contribution in [3.05, 3.63) is 23.8 Å². The predicted octanol–water partition coefficient (Wildman–Crippen LogP) is 2.16. The number of hydrogen-bond acceptors (Lipinski definition) is 1. The van der Waals surface area contributed by atoms with Crippen LogP contribution in [0.25, 0.3) is 0 Å². The summed E-state index contributed by atoms with van der Waals surface area (Å²) in [6.07, 6.45) is 6.02. The Bertz CT molecular complexity index is 187. The van der Waals surface area contributed by atoms with Gasteiger partial charge >= 0.3 is 0 Å². The summed E-state index contributed by atoms with van der Waals surface area (Å²) in [6, 6.07) is 0. The van der Waals surface area contributed by atoms with Gasteiger partial charge in [-0.25, -0.2) is 0 Å². The van der Waals surface area contributed by atoms with Crippen LogP contribution in [-0.4, -0.2) is 5.71 Å². The highest BCUT2D eigenvalue weighted by Crippen LogP contribution is 2.12. The third-order valence-corrected chi connectivity index (χ3v) is 1.63. The van der Waals surface area contributed by atoms with Gasteiger partial charge < -0.3 is 5.41 Å². The van der Waals surface area contributed by atoms with Gasteiger partial charge in [-0.05, 0) is 12.5 Å². The van der Waals surface area contributed by atoms with Crippen LogP contribution in [0.2, 0.25) is 0 Å². The van der Waals surface area contributed by atoms with Gasteiger partial charge in [0.25, 0.3) is 0 Å². The van der Waals surface area contributed by atoms with Gasteiger partial charge in [0.15, 0.2) is 0 Å². The molecule has 1 aliphatic rings. The zero-order valence-electron chi connectivity index (χ0n) is 5.81. The van der Waals surface area contributed by atoms with Crippen LogP contribution in [-0.2, 0) is 0 Å². The van der Waals surface area contributed by atoms with Crippen molar-refractivity contribution in [3.63, 3.8) is 0 Å². The molecule has 1 rings (SSSR count). The van der Waals surface area contributed by atoms with Crippen molar-refractivity contribution >= 4 is 5.71 Å². The molecule has 1 nitrogen and oxygen atoms in total. The van der Waals surface area contributed by atoms with Crippen LogP contribution in [0.1, 0.15) is 13.8 Å². The highest BCUT2D eigenvalue weighted by atomic mass is 14.4. The van der Waals surface area contributed by atoms with Crippen LogP contribution >= 0.6 is 0 Å². The molecule has 0 aromatic rings. The fraction of sp³-hybridized carbons (Fsp3) is 0.375. The summed E-state index contributed by atoms with van der Waals surface area (Å²) in [5, 5.41) is 7.48. The fourth-order valence-corrected chi connectivity index (χ4v) is 0.912. The molecular formula is C8H11N. The monoisotopic (exact) mass is 121 g/mol. The molecule has 1 unspecified atom stereocenters. The molecule has 0 aromatic heterocycles. The van der Waals surface area contributed by atoms with E-state index < -0.39 is 0 Å². The number of rotatable bonds is 0. The van der Waals surface area contributed by atoms with Gasteiger partial charge in [-0.1, -0.05) is 25.2 Å². The van der Waals surface area contributed by atoms with Gasteiger partial charge in [-0.3, -0.25) is 0 Å². The summed E-state index contributed by atoms with van der Waals surface area (Å²) in [5.74, 6) is 0.315. The van der Waals surface area contributed by atoms with E-state index in [0.29, 0.717) is 5.92 Å². The maximum atomic E-state index is 7.48. The Morgan fingerprint density at radius 3 is 2.67 bits per heavy atom. The van der Waals surface area contributed by atoms with E-state index in [1.54, 1.807) is 0 Å². The quantitative estimate of drug-likeness (QED) is 0.507. The van der Waals surface area contributed by atoms with Crippen molar-refractivity contribution in [2.45, 2.75) is 13.8 Å². The standard InChI is InChI=1S/C8H11N/c1-6-4-3-5-7(2)8(6)9/h3-6,9H,1-2H3. The zero-order valence-corrected chi connectivity index (χ0v) is 5.81. The minimum Gasteiger partial charge on any atom is -0.304 e. The van der Waals surface area contributed by atoms with E-state index in [0.717, 1.165) is 11.3 Å². The van der Waals surface area contributed by atoms with Crippen LogP contribution in [0.3, 0.4) is 0 Å². The van der Waals surface area contributed by atoms with Gasteiger partial charge in [0.1, 0.15) is 0 Å². The lowest BCUT2D eigenvalue weighted by Gasteiger charge is -2.11. The molecule has 1 N–H and O–H groups in total. The molecule has 0 heterocycles. The van der Waals surface area contributed by atoms with E-state index in [1.165, 1.54) is 0 Å². The third kappa shape index (κ3) is 1.10. The topological polar surface area (TPSA) is 23.9 Å². The first-order chi connectivity index (χ1) is 4.22. The third-order valence-electron chi connectivity index (χ3n) is 1.63. The van der Waals surface area contributed by atoms with E-state index in [9.17, 15) is 0 Å². The van der Waals surface area contributed by atoms with Crippen molar-refractivity contribution < 1.29 is 0 Å². The van der Waals surface area contributed by atoms with E-state index >= 15 is 0 Å². The van der Waals surface area contributed by atoms with Gasteiger partial charge in [0.2, 0.25) is 0 Å². The molecule has 0 spiro atoms. The molecule has 1 aliphatic carbocycles. The molecule has 9 heavy (non-hydrogen) atoms. The van der Waals surface area contributed by atoms with Crippen molar-refractivity contribution in [1.82, 2.24) is 0 Å². The highest BCUT2D eigenvalue weighted by molar-refractivity contribution is 6.01. The largest absolute Gasteiger partial charge is 0.304 e. The summed E-state index contributed by atoms with van der Waals surface area (Å²) >= 11 is 0. The van der Waals surface area contributed by atoms with Crippen molar-refractivity contribution in [2.75, 3.05) is 0 Å². The van der Waals surface area contributed by atoms with Gasteiger partial charge in [0, 0.05) is 11.6 Å². The molecule has 0 amide bonds. The molecule has 0 radical (unpaired) electrons. The predicted molar refractivity (Wildman–Crippen MR) is 39.8 cm³/mol. The summed E-state index contributed by atoms with van der Waals surface area (Å²) < 4.78 is 0. The normalized spacial score (nSPS) is 26.2. The lowest BCUT2D eigenvalue weighted by molar-refractivity contribution is 0.972. The number of hydrogen-bond donors (Lipinski definition) is 1. The molecule has 1 atom stereocenters.